The van der Waals surface area contributed by atoms with Crippen molar-refractivity contribution in [2.75, 3.05) is 13.2 Å². The summed E-state index contributed by atoms with van der Waals surface area (Å²) in [7, 11) is 0. The SMILES string of the molecule is O=CC1(c2ccc(OCC3CO3)cc2)CC=CCC1. The van der Waals surface area contributed by atoms with Gasteiger partial charge in [-0.1, -0.05) is 24.3 Å². The van der Waals surface area contributed by atoms with Crippen molar-refractivity contribution in [1.29, 1.82) is 0 Å². The van der Waals surface area contributed by atoms with Crippen LogP contribution in [0.15, 0.2) is 36.4 Å². The van der Waals surface area contributed by atoms with Crippen molar-refractivity contribution in [3.8, 4) is 5.75 Å². The van der Waals surface area contributed by atoms with Gasteiger partial charge in [0.15, 0.2) is 0 Å². The molecule has 1 aliphatic carbocycles. The second-order valence-corrected chi connectivity index (χ2v) is 5.28. The Morgan fingerprint density at radius 1 is 1.32 bits per heavy atom. The number of hydrogen-bond donors (Lipinski definition) is 0. The van der Waals surface area contributed by atoms with Crippen LogP contribution in [0.5, 0.6) is 5.75 Å². The monoisotopic (exact) mass is 258 g/mol. The molecule has 0 N–H and O–H groups in total. The third-order valence-corrected chi connectivity index (χ3v) is 3.90. The van der Waals surface area contributed by atoms with Crippen molar-refractivity contribution in [3.63, 3.8) is 0 Å². The molecule has 3 nitrogen and oxygen atoms in total. The van der Waals surface area contributed by atoms with Crippen LogP contribution >= 0.6 is 0 Å². The molecule has 2 aliphatic rings. The lowest BCUT2D eigenvalue weighted by Gasteiger charge is -2.29. The van der Waals surface area contributed by atoms with Crippen molar-refractivity contribution < 1.29 is 14.3 Å². The van der Waals surface area contributed by atoms with E-state index in [0.717, 1.165) is 43.5 Å². The lowest BCUT2D eigenvalue weighted by atomic mass is 9.73. The first kappa shape index (κ1) is 12.4. The molecule has 2 unspecified atom stereocenters. The van der Waals surface area contributed by atoms with Gasteiger partial charge in [0.05, 0.1) is 12.0 Å². The van der Waals surface area contributed by atoms with Gasteiger partial charge >= 0.3 is 0 Å². The maximum absolute atomic E-state index is 11.5. The molecule has 1 aromatic carbocycles. The number of benzene rings is 1. The summed E-state index contributed by atoms with van der Waals surface area (Å²) in [6.07, 6.45) is 8.28. The van der Waals surface area contributed by atoms with Crippen LogP contribution in [0.3, 0.4) is 0 Å². The van der Waals surface area contributed by atoms with Crippen LogP contribution in [0.1, 0.15) is 24.8 Å². The quantitative estimate of drug-likeness (QED) is 0.463. The second-order valence-electron chi connectivity index (χ2n) is 5.28. The van der Waals surface area contributed by atoms with E-state index < -0.39 is 0 Å². The molecule has 1 aromatic rings. The molecule has 100 valence electrons. The van der Waals surface area contributed by atoms with Crippen LogP contribution in [0.25, 0.3) is 0 Å². The number of aldehydes is 1. The molecule has 3 rings (SSSR count). The van der Waals surface area contributed by atoms with Crippen LogP contribution in [0.2, 0.25) is 0 Å². The van der Waals surface area contributed by atoms with Crippen LogP contribution < -0.4 is 4.74 Å². The van der Waals surface area contributed by atoms with Gasteiger partial charge in [0, 0.05) is 0 Å². The first-order valence-corrected chi connectivity index (χ1v) is 6.79. The molecule has 0 amide bonds. The molecule has 3 heteroatoms. The summed E-state index contributed by atoms with van der Waals surface area (Å²) in [5.74, 6) is 0.839. The van der Waals surface area contributed by atoms with Crippen molar-refractivity contribution in [2.45, 2.75) is 30.8 Å². The van der Waals surface area contributed by atoms with E-state index in [-0.39, 0.29) is 11.5 Å². The predicted molar refractivity (Wildman–Crippen MR) is 72.4 cm³/mol. The second kappa shape index (κ2) is 5.17. The highest BCUT2D eigenvalue weighted by Gasteiger charge is 2.31. The number of hydrogen-bond acceptors (Lipinski definition) is 3. The number of ether oxygens (including phenoxy) is 2. The molecule has 0 radical (unpaired) electrons. The van der Waals surface area contributed by atoms with E-state index in [2.05, 4.69) is 12.2 Å². The molecule has 2 atom stereocenters. The molecule has 1 saturated heterocycles. The fourth-order valence-corrected chi connectivity index (χ4v) is 2.53. The van der Waals surface area contributed by atoms with E-state index in [4.69, 9.17) is 9.47 Å². The number of carbonyl (C=O) groups excluding carboxylic acids is 1. The maximum atomic E-state index is 11.5. The van der Waals surface area contributed by atoms with E-state index >= 15 is 0 Å². The van der Waals surface area contributed by atoms with E-state index in [1.807, 2.05) is 24.3 Å². The van der Waals surface area contributed by atoms with Gasteiger partial charge in [-0.05, 0) is 37.0 Å². The van der Waals surface area contributed by atoms with Gasteiger partial charge in [0.2, 0.25) is 0 Å². The van der Waals surface area contributed by atoms with E-state index in [1.165, 1.54) is 0 Å². The summed E-state index contributed by atoms with van der Waals surface area (Å²) >= 11 is 0. The van der Waals surface area contributed by atoms with Gasteiger partial charge in [-0.2, -0.15) is 0 Å². The topological polar surface area (TPSA) is 38.8 Å². The molecule has 1 fully saturated rings. The summed E-state index contributed by atoms with van der Waals surface area (Å²) < 4.78 is 10.7. The van der Waals surface area contributed by atoms with Gasteiger partial charge in [-0.15, -0.1) is 0 Å². The Balaban J connectivity index is 1.72. The molecular formula is C16H18O3. The number of epoxide rings is 1. The minimum atomic E-state index is -0.340. The number of carbonyl (C=O) groups is 1. The van der Waals surface area contributed by atoms with E-state index in [9.17, 15) is 4.79 Å². The standard InChI is InChI=1S/C16H18O3/c17-12-16(8-2-1-3-9-16)13-4-6-14(7-5-13)18-10-15-11-19-15/h1-2,4-7,12,15H,3,8-11H2. The Morgan fingerprint density at radius 3 is 2.68 bits per heavy atom. The summed E-state index contributed by atoms with van der Waals surface area (Å²) in [5.41, 5.74) is 0.745. The van der Waals surface area contributed by atoms with Gasteiger partial charge in [0.1, 0.15) is 24.7 Å². The third kappa shape index (κ3) is 2.71. The van der Waals surface area contributed by atoms with Gasteiger partial charge in [-0.25, -0.2) is 0 Å². The third-order valence-electron chi connectivity index (χ3n) is 3.90. The maximum Gasteiger partial charge on any atom is 0.130 e. The minimum Gasteiger partial charge on any atom is -0.491 e. The molecule has 0 spiro atoms. The molecule has 19 heavy (non-hydrogen) atoms. The zero-order valence-corrected chi connectivity index (χ0v) is 10.9. The fraction of sp³-hybridized carbons (Fsp3) is 0.438. The average Bonchev–Trinajstić information content (AvgIpc) is 3.31. The van der Waals surface area contributed by atoms with E-state index in [1.54, 1.807) is 0 Å². The van der Waals surface area contributed by atoms with Crippen molar-refractivity contribution in [2.24, 2.45) is 0 Å². The Bertz CT molecular complexity index is 473. The van der Waals surface area contributed by atoms with Gasteiger partial charge < -0.3 is 14.3 Å². The van der Waals surface area contributed by atoms with Crippen molar-refractivity contribution in [3.05, 3.63) is 42.0 Å². The fourth-order valence-electron chi connectivity index (χ4n) is 2.53. The Kier molecular flexibility index (Phi) is 3.38. The predicted octanol–water partition coefficient (Wildman–Crippen LogP) is 2.64. The summed E-state index contributed by atoms with van der Waals surface area (Å²) in [6.45, 7) is 1.42. The van der Waals surface area contributed by atoms with Crippen molar-refractivity contribution in [1.82, 2.24) is 0 Å². The van der Waals surface area contributed by atoms with Gasteiger partial charge in [0.25, 0.3) is 0 Å². The van der Waals surface area contributed by atoms with Gasteiger partial charge in [-0.3, -0.25) is 0 Å². The van der Waals surface area contributed by atoms with Crippen LogP contribution in [-0.4, -0.2) is 25.6 Å². The lowest BCUT2D eigenvalue weighted by molar-refractivity contribution is -0.112. The van der Waals surface area contributed by atoms with Crippen molar-refractivity contribution >= 4 is 6.29 Å². The first-order chi connectivity index (χ1) is 9.32. The Morgan fingerprint density at radius 2 is 2.11 bits per heavy atom. The zero-order chi connectivity index (χ0) is 13.1. The average molecular weight is 258 g/mol. The smallest absolute Gasteiger partial charge is 0.130 e. The summed E-state index contributed by atoms with van der Waals surface area (Å²) in [5, 5.41) is 0. The normalized spacial score (nSPS) is 28.9. The summed E-state index contributed by atoms with van der Waals surface area (Å²) in [4.78, 5) is 11.5. The van der Waals surface area contributed by atoms with E-state index in [0.29, 0.717) is 6.61 Å². The largest absolute Gasteiger partial charge is 0.491 e. The highest BCUT2D eigenvalue weighted by atomic mass is 16.6. The minimum absolute atomic E-state index is 0.268. The first-order valence-electron chi connectivity index (χ1n) is 6.79. The Hall–Kier alpha value is -1.61. The zero-order valence-electron chi connectivity index (χ0n) is 10.9. The molecule has 0 saturated carbocycles. The Labute approximate surface area is 113 Å². The number of allylic oxidation sites excluding steroid dienone is 2. The molecule has 1 aliphatic heterocycles. The lowest BCUT2D eigenvalue weighted by Crippen LogP contribution is -2.28. The van der Waals surface area contributed by atoms with Crippen LogP contribution in [-0.2, 0) is 14.9 Å². The highest BCUT2D eigenvalue weighted by Crippen LogP contribution is 2.35. The van der Waals surface area contributed by atoms with Crippen LogP contribution in [0.4, 0.5) is 0 Å². The molecule has 1 heterocycles. The molecule has 0 aromatic heterocycles. The molecule has 0 bridgehead atoms. The highest BCUT2D eigenvalue weighted by molar-refractivity contribution is 5.69. The molecular weight excluding hydrogens is 240 g/mol. The van der Waals surface area contributed by atoms with Crippen LogP contribution in [0, 0.1) is 0 Å². The number of rotatable bonds is 5. The summed E-state index contributed by atoms with van der Waals surface area (Å²) in [6, 6.07) is 7.91.